The van der Waals surface area contributed by atoms with Gasteiger partial charge in [0.2, 0.25) is 0 Å². The van der Waals surface area contributed by atoms with Gasteiger partial charge in [-0.3, -0.25) is 14.7 Å². The lowest BCUT2D eigenvalue weighted by atomic mass is 10.1. The molecule has 2 heterocycles. The summed E-state index contributed by atoms with van der Waals surface area (Å²) in [5, 5.41) is 7.76. The van der Waals surface area contributed by atoms with Crippen molar-refractivity contribution >= 4 is 17.2 Å². The fourth-order valence-corrected chi connectivity index (χ4v) is 3.20. The predicted octanol–water partition coefficient (Wildman–Crippen LogP) is 3.07. The van der Waals surface area contributed by atoms with Gasteiger partial charge in [-0.1, -0.05) is 30.7 Å². The van der Waals surface area contributed by atoms with Crippen molar-refractivity contribution in [3.05, 3.63) is 74.3 Å². The molecule has 0 aliphatic carbocycles. The van der Waals surface area contributed by atoms with Crippen molar-refractivity contribution in [2.75, 3.05) is 6.54 Å². The molecule has 0 saturated carbocycles. The van der Waals surface area contributed by atoms with Crippen molar-refractivity contribution in [2.24, 2.45) is 0 Å². The first-order valence-electron chi connectivity index (χ1n) is 7.75. The molecule has 5 nitrogen and oxygen atoms in total. The van der Waals surface area contributed by atoms with E-state index in [1.165, 1.54) is 15.6 Å². The summed E-state index contributed by atoms with van der Waals surface area (Å²) in [5.41, 5.74) is 1.82. The summed E-state index contributed by atoms with van der Waals surface area (Å²) in [7, 11) is 0. The maximum absolute atomic E-state index is 12.3. The Kier molecular flexibility index (Phi) is 4.66. The quantitative estimate of drug-likeness (QED) is 0.749. The molecule has 6 heteroatoms. The second-order valence-corrected chi connectivity index (χ2v) is 6.78. The summed E-state index contributed by atoms with van der Waals surface area (Å²) in [4.78, 5) is 25.6. The summed E-state index contributed by atoms with van der Waals surface area (Å²) in [6, 6.07) is 12.9. The molecule has 124 valence electrons. The van der Waals surface area contributed by atoms with Crippen molar-refractivity contribution in [1.82, 2.24) is 15.1 Å². The number of benzene rings is 1. The smallest absolute Gasteiger partial charge is 0.271 e. The fraction of sp³-hybridized carbons (Fsp3) is 0.222. The lowest BCUT2D eigenvalue weighted by Gasteiger charge is -2.10. The molecule has 1 amide bonds. The molecule has 1 aromatic carbocycles. The first kappa shape index (κ1) is 16.3. The summed E-state index contributed by atoms with van der Waals surface area (Å²) in [6.45, 7) is 4.57. The van der Waals surface area contributed by atoms with Crippen LogP contribution in [0.5, 0.6) is 0 Å². The second-order valence-electron chi connectivity index (χ2n) is 5.81. The molecule has 0 radical (unpaired) electrons. The van der Waals surface area contributed by atoms with Gasteiger partial charge in [-0.2, -0.15) is 0 Å². The van der Waals surface area contributed by atoms with Gasteiger partial charge in [0.1, 0.15) is 5.69 Å². The second kappa shape index (κ2) is 6.88. The van der Waals surface area contributed by atoms with Gasteiger partial charge in [-0.25, -0.2) is 4.68 Å². The Bertz CT molecular complexity index is 876. The predicted molar refractivity (Wildman–Crippen MR) is 96.2 cm³/mol. The highest BCUT2D eigenvalue weighted by Gasteiger charge is 2.14. The Morgan fingerprint density at radius 2 is 2.04 bits per heavy atom. The van der Waals surface area contributed by atoms with E-state index in [1.807, 2.05) is 42.6 Å². The third kappa shape index (κ3) is 3.49. The Morgan fingerprint density at radius 3 is 2.71 bits per heavy atom. The Hall–Kier alpha value is -2.60. The minimum atomic E-state index is -0.277. The van der Waals surface area contributed by atoms with Crippen LogP contribution in [0.1, 0.15) is 33.8 Å². The van der Waals surface area contributed by atoms with Crippen LogP contribution in [-0.4, -0.2) is 22.2 Å². The van der Waals surface area contributed by atoms with Crippen LogP contribution >= 0.6 is 11.3 Å². The third-order valence-corrected chi connectivity index (χ3v) is 4.96. The first-order valence-corrected chi connectivity index (χ1v) is 8.63. The van der Waals surface area contributed by atoms with Gasteiger partial charge >= 0.3 is 0 Å². The molecule has 3 rings (SSSR count). The minimum absolute atomic E-state index is 0.236. The van der Waals surface area contributed by atoms with E-state index >= 15 is 0 Å². The Morgan fingerprint density at radius 1 is 1.29 bits per heavy atom. The van der Waals surface area contributed by atoms with Gasteiger partial charge in [0.05, 0.1) is 5.69 Å². The van der Waals surface area contributed by atoms with Crippen LogP contribution in [0.15, 0.2) is 52.6 Å². The van der Waals surface area contributed by atoms with E-state index < -0.39 is 0 Å². The fourth-order valence-electron chi connectivity index (χ4n) is 2.41. The minimum Gasteiger partial charge on any atom is -0.350 e. The molecule has 0 unspecified atom stereocenters. The van der Waals surface area contributed by atoms with E-state index in [2.05, 4.69) is 23.4 Å². The SMILES string of the molecule is Cc1ccc(-n2[nH]c(C(=O)NC[C@@H](C)c3cccs3)cc2=O)cc1. The van der Waals surface area contributed by atoms with Crippen LogP contribution in [0, 0.1) is 6.92 Å². The van der Waals surface area contributed by atoms with E-state index in [4.69, 9.17) is 0 Å². The van der Waals surface area contributed by atoms with E-state index in [-0.39, 0.29) is 23.1 Å². The highest BCUT2D eigenvalue weighted by molar-refractivity contribution is 7.10. The zero-order chi connectivity index (χ0) is 17.1. The molecule has 3 aromatic rings. The number of hydrogen-bond donors (Lipinski definition) is 2. The van der Waals surface area contributed by atoms with Gasteiger partial charge in [0.15, 0.2) is 0 Å². The largest absolute Gasteiger partial charge is 0.350 e. The summed E-state index contributed by atoms with van der Waals surface area (Å²) >= 11 is 1.67. The normalized spacial score (nSPS) is 12.1. The Labute approximate surface area is 143 Å². The van der Waals surface area contributed by atoms with Gasteiger partial charge in [0.25, 0.3) is 11.5 Å². The molecular formula is C18H19N3O2S. The third-order valence-electron chi connectivity index (χ3n) is 3.85. The summed E-state index contributed by atoms with van der Waals surface area (Å²) in [5.74, 6) is -0.0405. The number of carbonyl (C=O) groups excluding carboxylic acids is 1. The van der Waals surface area contributed by atoms with E-state index in [0.29, 0.717) is 12.2 Å². The Balaban J connectivity index is 1.71. The van der Waals surface area contributed by atoms with E-state index in [9.17, 15) is 9.59 Å². The molecule has 24 heavy (non-hydrogen) atoms. The van der Waals surface area contributed by atoms with Gasteiger partial charge < -0.3 is 5.32 Å². The molecule has 0 fully saturated rings. The van der Waals surface area contributed by atoms with Crippen LogP contribution < -0.4 is 10.9 Å². The number of nitrogens with one attached hydrogen (secondary N) is 2. The lowest BCUT2D eigenvalue weighted by Crippen LogP contribution is -2.27. The van der Waals surface area contributed by atoms with Gasteiger partial charge in [-0.05, 0) is 30.5 Å². The number of H-pyrrole nitrogens is 1. The number of thiophene rings is 1. The number of aromatic nitrogens is 2. The molecule has 0 spiro atoms. The molecular weight excluding hydrogens is 322 g/mol. The van der Waals surface area contributed by atoms with Gasteiger partial charge in [-0.15, -0.1) is 11.3 Å². The van der Waals surface area contributed by atoms with Gasteiger partial charge in [0, 0.05) is 23.4 Å². The monoisotopic (exact) mass is 341 g/mol. The lowest BCUT2D eigenvalue weighted by molar-refractivity contribution is 0.0946. The maximum atomic E-state index is 12.3. The standard InChI is InChI=1S/C18H19N3O2S/c1-12-5-7-14(8-6-12)21-17(22)10-15(20-21)18(23)19-11-13(2)16-4-3-9-24-16/h3-10,13,20H,11H2,1-2H3,(H,19,23)/t13-/m1/s1. The molecule has 2 N–H and O–H groups in total. The van der Waals surface area contributed by atoms with Crippen molar-refractivity contribution in [3.8, 4) is 5.69 Å². The number of hydrogen-bond acceptors (Lipinski definition) is 3. The van der Waals surface area contributed by atoms with E-state index in [1.54, 1.807) is 11.3 Å². The van der Waals surface area contributed by atoms with Crippen LogP contribution in [0.25, 0.3) is 5.69 Å². The number of nitrogens with zero attached hydrogens (tertiary/aromatic N) is 1. The number of amides is 1. The number of carbonyl (C=O) groups is 1. The molecule has 0 aliphatic heterocycles. The van der Waals surface area contributed by atoms with Crippen molar-refractivity contribution in [1.29, 1.82) is 0 Å². The average molecular weight is 341 g/mol. The average Bonchev–Trinajstić information content (AvgIpc) is 3.23. The van der Waals surface area contributed by atoms with Crippen molar-refractivity contribution in [3.63, 3.8) is 0 Å². The number of aromatic amines is 1. The molecule has 0 bridgehead atoms. The van der Waals surface area contributed by atoms with E-state index in [0.717, 1.165) is 5.56 Å². The maximum Gasteiger partial charge on any atom is 0.271 e. The van der Waals surface area contributed by atoms with Crippen LogP contribution in [-0.2, 0) is 0 Å². The zero-order valence-corrected chi connectivity index (χ0v) is 14.4. The highest BCUT2D eigenvalue weighted by Crippen LogP contribution is 2.19. The van der Waals surface area contributed by atoms with Crippen LogP contribution in [0.4, 0.5) is 0 Å². The first-order chi connectivity index (χ1) is 11.5. The van der Waals surface area contributed by atoms with Crippen LogP contribution in [0.2, 0.25) is 0 Å². The molecule has 2 aromatic heterocycles. The molecule has 0 saturated heterocycles. The van der Waals surface area contributed by atoms with Crippen molar-refractivity contribution < 1.29 is 4.79 Å². The molecule has 1 atom stereocenters. The van der Waals surface area contributed by atoms with Crippen LogP contribution in [0.3, 0.4) is 0 Å². The highest BCUT2D eigenvalue weighted by atomic mass is 32.1. The molecule has 0 aliphatic rings. The topological polar surface area (TPSA) is 66.9 Å². The van der Waals surface area contributed by atoms with Crippen molar-refractivity contribution in [2.45, 2.75) is 19.8 Å². The summed E-state index contributed by atoms with van der Waals surface area (Å²) < 4.78 is 1.37. The number of rotatable bonds is 5. The zero-order valence-electron chi connectivity index (χ0n) is 13.6. The number of aryl methyl sites for hydroxylation is 1. The summed E-state index contributed by atoms with van der Waals surface area (Å²) in [6.07, 6.45) is 0.